The maximum atomic E-state index is 12.2. The molecule has 0 saturated carbocycles. The molecule has 2 amide bonds. The van der Waals surface area contributed by atoms with Crippen LogP contribution in [0.3, 0.4) is 0 Å². The van der Waals surface area contributed by atoms with Crippen molar-refractivity contribution in [3.8, 4) is 11.5 Å². The molecule has 126 valence electrons. The SMILES string of the molecule is CC(NC(=O)NC(C)c1ccc2c(c1)OCO2)c1cccc(Cl)c1. The van der Waals surface area contributed by atoms with E-state index in [-0.39, 0.29) is 24.9 Å². The van der Waals surface area contributed by atoms with Crippen molar-refractivity contribution in [2.45, 2.75) is 25.9 Å². The molecule has 0 spiro atoms. The third-order valence-corrected chi connectivity index (χ3v) is 4.18. The summed E-state index contributed by atoms with van der Waals surface area (Å²) in [6.45, 7) is 4.07. The first-order chi connectivity index (χ1) is 11.5. The highest BCUT2D eigenvalue weighted by atomic mass is 35.5. The van der Waals surface area contributed by atoms with Gasteiger partial charge in [0.2, 0.25) is 6.79 Å². The van der Waals surface area contributed by atoms with Crippen LogP contribution in [0.5, 0.6) is 11.5 Å². The van der Waals surface area contributed by atoms with E-state index in [1.807, 2.05) is 50.2 Å². The lowest BCUT2D eigenvalue weighted by atomic mass is 10.1. The fraction of sp³-hybridized carbons (Fsp3) is 0.278. The number of carbonyl (C=O) groups excluding carboxylic acids is 1. The Morgan fingerprint density at radius 3 is 2.38 bits per heavy atom. The summed E-state index contributed by atoms with van der Waals surface area (Å²) in [5.41, 5.74) is 1.90. The number of carbonyl (C=O) groups is 1. The van der Waals surface area contributed by atoms with E-state index in [0.29, 0.717) is 10.8 Å². The van der Waals surface area contributed by atoms with Gasteiger partial charge in [-0.3, -0.25) is 0 Å². The number of hydrogen-bond acceptors (Lipinski definition) is 3. The molecule has 0 aromatic heterocycles. The van der Waals surface area contributed by atoms with Gasteiger partial charge in [0.25, 0.3) is 0 Å². The van der Waals surface area contributed by atoms with Crippen LogP contribution < -0.4 is 20.1 Å². The van der Waals surface area contributed by atoms with Gasteiger partial charge >= 0.3 is 6.03 Å². The lowest BCUT2D eigenvalue weighted by molar-refractivity contribution is 0.174. The largest absolute Gasteiger partial charge is 0.454 e. The van der Waals surface area contributed by atoms with E-state index in [4.69, 9.17) is 21.1 Å². The van der Waals surface area contributed by atoms with Gasteiger partial charge in [0.15, 0.2) is 11.5 Å². The number of amides is 2. The third-order valence-electron chi connectivity index (χ3n) is 3.94. The summed E-state index contributed by atoms with van der Waals surface area (Å²) < 4.78 is 10.7. The molecule has 0 radical (unpaired) electrons. The summed E-state index contributed by atoms with van der Waals surface area (Å²) in [4.78, 5) is 12.2. The Morgan fingerprint density at radius 1 is 1.00 bits per heavy atom. The van der Waals surface area contributed by atoms with Crippen LogP contribution in [0, 0.1) is 0 Å². The van der Waals surface area contributed by atoms with E-state index in [0.717, 1.165) is 16.9 Å². The third kappa shape index (κ3) is 3.74. The highest BCUT2D eigenvalue weighted by Crippen LogP contribution is 2.34. The van der Waals surface area contributed by atoms with Crippen LogP contribution >= 0.6 is 11.6 Å². The maximum Gasteiger partial charge on any atom is 0.315 e. The van der Waals surface area contributed by atoms with Crippen LogP contribution in [0.15, 0.2) is 42.5 Å². The van der Waals surface area contributed by atoms with Crippen LogP contribution in [0.25, 0.3) is 0 Å². The average molecular weight is 347 g/mol. The molecule has 1 aliphatic rings. The molecule has 1 aliphatic heterocycles. The molecule has 1 heterocycles. The summed E-state index contributed by atoms with van der Waals surface area (Å²) in [6.07, 6.45) is 0. The molecule has 2 atom stereocenters. The number of ether oxygens (including phenoxy) is 2. The molecule has 0 fully saturated rings. The fourth-order valence-corrected chi connectivity index (χ4v) is 2.76. The van der Waals surface area contributed by atoms with Gasteiger partial charge in [-0.05, 0) is 49.2 Å². The highest BCUT2D eigenvalue weighted by molar-refractivity contribution is 6.30. The van der Waals surface area contributed by atoms with Crippen molar-refractivity contribution in [3.05, 3.63) is 58.6 Å². The molecule has 2 aromatic carbocycles. The number of urea groups is 1. The zero-order valence-corrected chi connectivity index (χ0v) is 14.3. The van der Waals surface area contributed by atoms with Gasteiger partial charge in [-0.1, -0.05) is 29.8 Å². The topological polar surface area (TPSA) is 59.6 Å². The summed E-state index contributed by atoms with van der Waals surface area (Å²) in [7, 11) is 0. The second-order valence-electron chi connectivity index (χ2n) is 5.73. The average Bonchev–Trinajstić information content (AvgIpc) is 3.02. The van der Waals surface area contributed by atoms with Crippen molar-refractivity contribution in [2.75, 3.05) is 6.79 Å². The van der Waals surface area contributed by atoms with Crippen molar-refractivity contribution in [1.82, 2.24) is 10.6 Å². The van der Waals surface area contributed by atoms with Gasteiger partial charge in [0, 0.05) is 5.02 Å². The lowest BCUT2D eigenvalue weighted by Gasteiger charge is -2.19. The Balaban J connectivity index is 1.60. The molecular formula is C18H19ClN2O3. The smallest absolute Gasteiger partial charge is 0.315 e. The van der Waals surface area contributed by atoms with Gasteiger partial charge < -0.3 is 20.1 Å². The van der Waals surface area contributed by atoms with E-state index in [1.165, 1.54) is 0 Å². The Hall–Kier alpha value is -2.40. The molecule has 0 aliphatic carbocycles. The first kappa shape index (κ1) is 16.5. The molecule has 2 unspecified atom stereocenters. The summed E-state index contributed by atoms with van der Waals surface area (Å²) in [6, 6.07) is 12.5. The Labute approximate surface area is 145 Å². The van der Waals surface area contributed by atoms with Crippen LogP contribution in [0.2, 0.25) is 5.02 Å². The van der Waals surface area contributed by atoms with Crippen LogP contribution in [-0.2, 0) is 0 Å². The fourth-order valence-electron chi connectivity index (χ4n) is 2.56. The quantitative estimate of drug-likeness (QED) is 0.872. The zero-order chi connectivity index (χ0) is 17.1. The van der Waals surface area contributed by atoms with E-state index in [2.05, 4.69) is 10.6 Å². The molecular weight excluding hydrogens is 328 g/mol. The summed E-state index contributed by atoms with van der Waals surface area (Å²) in [5.74, 6) is 1.43. The van der Waals surface area contributed by atoms with Crippen molar-refractivity contribution in [1.29, 1.82) is 0 Å². The standard InChI is InChI=1S/C18H19ClN2O3/c1-11(13-4-3-5-15(19)8-13)20-18(22)21-12(2)14-6-7-16-17(9-14)24-10-23-16/h3-9,11-12H,10H2,1-2H3,(H2,20,21,22). The van der Waals surface area contributed by atoms with E-state index in [1.54, 1.807) is 6.07 Å². The number of halogens is 1. The predicted molar refractivity (Wildman–Crippen MR) is 92.5 cm³/mol. The minimum atomic E-state index is -0.243. The first-order valence-corrected chi connectivity index (χ1v) is 8.13. The maximum absolute atomic E-state index is 12.2. The van der Waals surface area contributed by atoms with Gasteiger partial charge in [0.05, 0.1) is 12.1 Å². The molecule has 5 nitrogen and oxygen atoms in total. The minimum absolute atomic E-state index is 0.146. The van der Waals surface area contributed by atoms with E-state index in [9.17, 15) is 4.79 Å². The van der Waals surface area contributed by atoms with Gasteiger partial charge in [-0.25, -0.2) is 4.79 Å². The Bertz CT molecular complexity index is 751. The van der Waals surface area contributed by atoms with Crippen molar-refractivity contribution in [3.63, 3.8) is 0 Å². The molecule has 6 heteroatoms. The monoisotopic (exact) mass is 346 g/mol. The second kappa shape index (κ2) is 7.01. The van der Waals surface area contributed by atoms with Crippen molar-refractivity contribution < 1.29 is 14.3 Å². The van der Waals surface area contributed by atoms with Gasteiger partial charge in [-0.15, -0.1) is 0 Å². The Morgan fingerprint density at radius 2 is 1.67 bits per heavy atom. The predicted octanol–water partition coefficient (Wildman–Crippen LogP) is 4.19. The number of nitrogens with one attached hydrogen (secondary N) is 2. The van der Waals surface area contributed by atoms with E-state index < -0.39 is 0 Å². The normalized spacial score (nSPS) is 14.8. The number of benzene rings is 2. The van der Waals surface area contributed by atoms with Crippen LogP contribution in [0.4, 0.5) is 4.79 Å². The zero-order valence-electron chi connectivity index (χ0n) is 13.5. The number of rotatable bonds is 4. The van der Waals surface area contributed by atoms with Crippen molar-refractivity contribution >= 4 is 17.6 Å². The number of fused-ring (bicyclic) bond motifs is 1. The summed E-state index contributed by atoms with van der Waals surface area (Å²) >= 11 is 5.99. The minimum Gasteiger partial charge on any atom is -0.454 e. The van der Waals surface area contributed by atoms with E-state index >= 15 is 0 Å². The van der Waals surface area contributed by atoms with Crippen LogP contribution in [-0.4, -0.2) is 12.8 Å². The van der Waals surface area contributed by atoms with Gasteiger partial charge in [-0.2, -0.15) is 0 Å². The van der Waals surface area contributed by atoms with Gasteiger partial charge in [0.1, 0.15) is 0 Å². The molecule has 2 N–H and O–H groups in total. The number of hydrogen-bond donors (Lipinski definition) is 2. The molecule has 0 saturated heterocycles. The van der Waals surface area contributed by atoms with Crippen molar-refractivity contribution in [2.24, 2.45) is 0 Å². The molecule has 3 rings (SSSR count). The Kier molecular flexibility index (Phi) is 4.81. The lowest BCUT2D eigenvalue weighted by Crippen LogP contribution is -2.38. The highest BCUT2D eigenvalue weighted by Gasteiger charge is 2.17. The molecule has 2 aromatic rings. The first-order valence-electron chi connectivity index (χ1n) is 7.75. The molecule has 0 bridgehead atoms. The summed E-state index contributed by atoms with van der Waals surface area (Å²) in [5, 5.41) is 6.48. The molecule has 24 heavy (non-hydrogen) atoms. The second-order valence-corrected chi connectivity index (χ2v) is 6.17. The van der Waals surface area contributed by atoms with Crippen LogP contribution in [0.1, 0.15) is 37.1 Å².